The third kappa shape index (κ3) is 4.07. The van der Waals surface area contributed by atoms with Crippen molar-refractivity contribution in [2.45, 2.75) is 43.8 Å². The van der Waals surface area contributed by atoms with Gasteiger partial charge in [0.1, 0.15) is 0 Å². The van der Waals surface area contributed by atoms with Crippen LogP contribution < -0.4 is 5.32 Å². The molecular formula is C9H19N5OS. The molecule has 0 aliphatic rings. The minimum atomic E-state index is -0.371. The van der Waals surface area contributed by atoms with Gasteiger partial charge in [0.05, 0.1) is 12.6 Å². The Balaban J connectivity index is 2.50. The Bertz CT molecular complexity index is 304. The van der Waals surface area contributed by atoms with Crippen LogP contribution in [0.3, 0.4) is 0 Å². The van der Waals surface area contributed by atoms with Crippen molar-refractivity contribution in [3.63, 3.8) is 0 Å². The van der Waals surface area contributed by atoms with Gasteiger partial charge in [0.15, 0.2) is 0 Å². The number of tetrazole rings is 1. The fourth-order valence-corrected chi connectivity index (χ4v) is 1.91. The van der Waals surface area contributed by atoms with Crippen LogP contribution in [0.4, 0.5) is 0 Å². The Kier molecular flexibility index (Phi) is 5.72. The lowest BCUT2D eigenvalue weighted by molar-refractivity contribution is 0.196. The van der Waals surface area contributed by atoms with E-state index in [9.17, 15) is 5.11 Å². The average molecular weight is 245 g/mol. The molecule has 1 heterocycles. The van der Waals surface area contributed by atoms with Crippen LogP contribution >= 0.6 is 11.8 Å². The van der Waals surface area contributed by atoms with Crippen molar-refractivity contribution < 1.29 is 5.11 Å². The molecule has 1 rings (SSSR count). The third-order valence-corrected chi connectivity index (χ3v) is 3.49. The molecular weight excluding hydrogens is 226 g/mol. The van der Waals surface area contributed by atoms with Crippen molar-refractivity contribution in [2.24, 2.45) is 0 Å². The minimum Gasteiger partial charge on any atom is -0.392 e. The highest BCUT2D eigenvalue weighted by atomic mass is 32.2. The molecule has 0 amide bonds. The lowest BCUT2D eigenvalue weighted by atomic mass is 10.3. The highest BCUT2D eigenvalue weighted by molar-refractivity contribution is 7.99. The van der Waals surface area contributed by atoms with Gasteiger partial charge in [0.2, 0.25) is 5.16 Å². The zero-order valence-electron chi connectivity index (χ0n) is 9.92. The minimum absolute atomic E-state index is 0.0869. The maximum atomic E-state index is 9.41. The van der Waals surface area contributed by atoms with Crippen LogP contribution in [0.25, 0.3) is 0 Å². The fourth-order valence-electron chi connectivity index (χ4n) is 1.05. The Morgan fingerprint density at radius 3 is 2.88 bits per heavy atom. The van der Waals surface area contributed by atoms with Crippen LogP contribution in [0, 0.1) is 0 Å². The highest BCUT2D eigenvalue weighted by Gasteiger charge is 2.15. The Morgan fingerprint density at radius 2 is 2.25 bits per heavy atom. The molecule has 0 fully saturated rings. The molecule has 0 radical (unpaired) electrons. The van der Waals surface area contributed by atoms with Gasteiger partial charge in [-0.3, -0.25) is 0 Å². The van der Waals surface area contributed by atoms with Crippen LogP contribution in [-0.4, -0.2) is 49.8 Å². The van der Waals surface area contributed by atoms with E-state index in [1.165, 1.54) is 11.8 Å². The van der Waals surface area contributed by atoms with E-state index in [4.69, 9.17) is 0 Å². The van der Waals surface area contributed by atoms with Gasteiger partial charge in [-0.05, 0) is 23.9 Å². The maximum absolute atomic E-state index is 9.41. The van der Waals surface area contributed by atoms with Gasteiger partial charge in [-0.1, -0.05) is 25.6 Å². The van der Waals surface area contributed by atoms with Gasteiger partial charge in [-0.15, -0.1) is 5.10 Å². The molecule has 0 spiro atoms. The summed E-state index contributed by atoms with van der Waals surface area (Å²) in [6, 6.07) is 0. The molecule has 2 atom stereocenters. The molecule has 2 unspecified atom stereocenters. The van der Waals surface area contributed by atoms with Gasteiger partial charge in [-0.2, -0.15) is 0 Å². The number of hydrogen-bond acceptors (Lipinski definition) is 6. The van der Waals surface area contributed by atoms with Gasteiger partial charge in [0.25, 0.3) is 0 Å². The second-order valence-electron chi connectivity index (χ2n) is 3.60. The van der Waals surface area contributed by atoms with Crippen LogP contribution in [-0.2, 0) is 6.54 Å². The summed E-state index contributed by atoms with van der Waals surface area (Å²) in [5, 5.41) is 25.0. The number of aliphatic hydroxyl groups excluding tert-OH is 1. The van der Waals surface area contributed by atoms with Gasteiger partial charge < -0.3 is 10.4 Å². The van der Waals surface area contributed by atoms with Crippen molar-refractivity contribution in [3.8, 4) is 0 Å². The van der Waals surface area contributed by atoms with Gasteiger partial charge in [0, 0.05) is 11.8 Å². The molecule has 1 aromatic heterocycles. The zero-order chi connectivity index (χ0) is 12.0. The molecule has 1 aromatic rings. The molecule has 7 heteroatoms. The van der Waals surface area contributed by atoms with Crippen LogP contribution in [0.5, 0.6) is 0 Å². The van der Waals surface area contributed by atoms with Crippen molar-refractivity contribution in [1.82, 2.24) is 25.5 Å². The van der Waals surface area contributed by atoms with E-state index in [-0.39, 0.29) is 11.4 Å². The average Bonchev–Trinajstić information content (AvgIpc) is 2.66. The molecule has 0 bridgehead atoms. The standard InChI is InChI=1S/C9H19N5OS/c1-4-10-5-6-14-9(11-12-13-14)16-8(3)7(2)15/h7-8,10,15H,4-6H2,1-3H3. The van der Waals surface area contributed by atoms with Crippen LogP contribution in [0.2, 0.25) is 0 Å². The number of rotatable bonds is 7. The van der Waals surface area contributed by atoms with E-state index in [2.05, 4.69) is 27.8 Å². The SMILES string of the molecule is CCNCCn1nnnc1SC(C)C(C)O. The summed E-state index contributed by atoms with van der Waals surface area (Å²) in [5.74, 6) is 0. The van der Waals surface area contributed by atoms with E-state index in [1.807, 2.05) is 6.92 Å². The van der Waals surface area contributed by atoms with Crippen molar-refractivity contribution in [1.29, 1.82) is 0 Å². The predicted molar refractivity (Wildman–Crippen MR) is 63.4 cm³/mol. The second-order valence-corrected chi connectivity index (χ2v) is 4.95. The first kappa shape index (κ1) is 13.4. The molecule has 0 saturated heterocycles. The first-order valence-corrected chi connectivity index (χ1v) is 6.34. The van der Waals surface area contributed by atoms with E-state index in [1.54, 1.807) is 11.6 Å². The molecule has 16 heavy (non-hydrogen) atoms. The number of likely N-dealkylation sites (N-methyl/N-ethyl adjacent to an activating group) is 1. The number of thioether (sulfide) groups is 1. The topological polar surface area (TPSA) is 75.9 Å². The normalized spacial score (nSPS) is 15.0. The summed E-state index contributed by atoms with van der Waals surface area (Å²) in [7, 11) is 0. The highest BCUT2D eigenvalue weighted by Crippen LogP contribution is 2.22. The van der Waals surface area contributed by atoms with E-state index in [0.717, 1.165) is 24.8 Å². The molecule has 6 nitrogen and oxygen atoms in total. The molecule has 0 aromatic carbocycles. The van der Waals surface area contributed by atoms with E-state index < -0.39 is 0 Å². The fraction of sp³-hybridized carbons (Fsp3) is 0.889. The van der Waals surface area contributed by atoms with Crippen LogP contribution in [0.15, 0.2) is 5.16 Å². The van der Waals surface area contributed by atoms with Crippen molar-refractivity contribution in [3.05, 3.63) is 0 Å². The first-order valence-electron chi connectivity index (χ1n) is 5.46. The summed E-state index contributed by atoms with van der Waals surface area (Å²) in [4.78, 5) is 0. The summed E-state index contributed by atoms with van der Waals surface area (Å²) < 4.78 is 1.76. The molecule has 2 N–H and O–H groups in total. The molecule has 0 aliphatic heterocycles. The van der Waals surface area contributed by atoms with E-state index in [0.29, 0.717) is 0 Å². The van der Waals surface area contributed by atoms with Crippen molar-refractivity contribution in [2.75, 3.05) is 13.1 Å². The Morgan fingerprint density at radius 1 is 1.50 bits per heavy atom. The zero-order valence-corrected chi connectivity index (χ0v) is 10.7. The summed E-state index contributed by atoms with van der Waals surface area (Å²) in [5.41, 5.74) is 0. The van der Waals surface area contributed by atoms with Crippen molar-refractivity contribution >= 4 is 11.8 Å². The third-order valence-electron chi connectivity index (χ3n) is 2.22. The van der Waals surface area contributed by atoms with Gasteiger partial charge >= 0.3 is 0 Å². The number of aliphatic hydroxyl groups is 1. The largest absolute Gasteiger partial charge is 0.392 e. The number of nitrogens with zero attached hydrogens (tertiary/aromatic N) is 4. The number of hydrogen-bond donors (Lipinski definition) is 2. The molecule has 92 valence electrons. The molecule has 0 saturated carbocycles. The summed E-state index contributed by atoms with van der Waals surface area (Å²) in [6.07, 6.45) is -0.371. The monoisotopic (exact) mass is 245 g/mol. The Labute approximate surface area is 99.8 Å². The quantitative estimate of drug-likeness (QED) is 0.526. The Hall–Kier alpha value is -0.660. The lowest BCUT2D eigenvalue weighted by Crippen LogP contribution is -2.21. The molecule has 0 aliphatic carbocycles. The second kappa shape index (κ2) is 6.82. The number of nitrogens with one attached hydrogen (secondary N) is 1. The predicted octanol–water partition coefficient (Wildman–Crippen LogP) is 0.144. The smallest absolute Gasteiger partial charge is 0.209 e. The lowest BCUT2D eigenvalue weighted by Gasteiger charge is -2.13. The maximum Gasteiger partial charge on any atom is 0.209 e. The van der Waals surface area contributed by atoms with E-state index >= 15 is 0 Å². The van der Waals surface area contributed by atoms with Crippen LogP contribution in [0.1, 0.15) is 20.8 Å². The first-order chi connectivity index (χ1) is 7.65. The number of aromatic nitrogens is 4. The van der Waals surface area contributed by atoms with Gasteiger partial charge in [-0.25, -0.2) is 4.68 Å². The summed E-state index contributed by atoms with van der Waals surface area (Å²) in [6.45, 7) is 8.32. The summed E-state index contributed by atoms with van der Waals surface area (Å²) >= 11 is 1.49.